The van der Waals surface area contributed by atoms with Crippen molar-refractivity contribution in [2.45, 2.75) is 238 Å². The molecule has 5 nitrogen and oxygen atoms in total. The lowest BCUT2D eigenvalue weighted by atomic mass is 10.0. The Morgan fingerprint density at radius 2 is 1.09 bits per heavy atom. The van der Waals surface area contributed by atoms with Gasteiger partial charge in [0.25, 0.3) is 0 Å². The molecule has 0 bridgehead atoms. The molecule has 0 aromatic carbocycles. The normalized spacial score (nSPS) is 20.7. The van der Waals surface area contributed by atoms with E-state index in [0.29, 0.717) is 6.42 Å². The second-order valence-electron chi connectivity index (χ2n) is 17.6. The van der Waals surface area contributed by atoms with Crippen molar-refractivity contribution in [1.29, 1.82) is 0 Å². The highest BCUT2D eigenvalue weighted by Crippen LogP contribution is 2.47. The number of esters is 1. The molecule has 0 radical (unpaired) electrons. The van der Waals surface area contributed by atoms with Gasteiger partial charge >= 0.3 is 5.97 Å². The molecule has 0 aromatic heterocycles. The molecule has 0 aromatic rings. The zero-order chi connectivity index (χ0) is 38.2. The fraction of sp³-hybridized carbons (Fsp3) is 0.938. The van der Waals surface area contributed by atoms with E-state index in [1.807, 2.05) is 0 Å². The summed E-state index contributed by atoms with van der Waals surface area (Å²) in [7, 11) is 0. The first kappa shape index (κ1) is 48.2. The number of carbonyl (C=O) groups excluding carboxylic acids is 1. The SMILES string of the molecule is CCCCCCCCCCCC(O)CCC/C=C/CCN(CCO)CCCCCCCC(=O)OC(CCC1CC1CCCC)CCC1CC1CCCC. The second-order valence-corrected chi connectivity index (χ2v) is 17.6. The molecule has 2 saturated carbocycles. The molecule has 312 valence electrons. The average molecular weight is 746 g/mol. The van der Waals surface area contributed by atoms with Crippen LogP contribution in [0, 0.1) is 23.7 Å². The largest absolute Gasteiger partial charge is 0.462 e. The van der Waals surface area contributed by atoms with Crippen LogP contribution in [0.2, 0.25) is 0 Å². The number of aliphatic hydroxyl groups excluding tert-OH is 2. The topological polar surface area (TPSA) is 70.0 Å². The van der Waals surface area contributed by atoms with Crippen LogP contribution in [-0.2, 0) is 9.53 Å². The van der Waals surface area contributed by atoms with Gasteiger partial charge in [0.1, 0.15) is 6.10 Å². The van der Waals surface area contributed by atoms with E-state index in [2.05, 4.69) is 37.8 Å². The third kappa shape index (κ3) is 27.4. The molecular formula is C48H91NO4. The predicted molar refractivity (Wildman–Crippen MR) is 227 cm³/mol. The molecular weight excluding hydrogens is 655 g/mol. The highest BCUT2D eigenvalue weighted by molar-refractivity contribution is 5.69. The molecule has 0 aliphatic heterocycles. The number of rotatable bonds is 40. The summed E-state index contributed by atoms with van der Waals surface area (Å²) in [5, 5.41) is 19.9. The second kappa shape index (κ2) is 33.3. The van der Waals surface area contributed by atoms with E-state index in [-0.39, 0.29) is 24.8 Å². The van der Waals surface area contributed by atoms with E-state index in [4.69, 9.17) is 4.74 Å². The van der Waals surface area contributed by atoms with Gasteiger partial charge in [0.15, 0.2) is 0 Å². The average Bonchev–Trinajstić information content (AvgIpc) is 4.09. The number of aliphatic hydroxyl groups is 2. The Kier molecular flexibility index (Phi) is 30.3. The van der Waals surface area contributed by atoms with Gasteiger partial charge in [0.2, 0.25) is 0 Å². The molecule has 53 heavy (non-hydrogen) atoms. The van der Waals surface area contributed by atoms with Crippen molar-refractivity contribution in [3.63, 3.8) is 0 Å². The molecule has 2 fully saturated rings. The van der Waals surface area contributed by atoms with Gasteiger partial charge in [-0.3, -0.25) is 4.79 Å². The molecule has 5 heteroatoms. The van der Waals surface area contributed by atoms with Crippen LogP contribution in [0.25, 0.3) is 0 Å². The van der Waals surface area contributed by atoms with Crippen molar-refractivity contribution < 1.29 is 19.7 Å². The first-order valence-electron chi connectivity index (χ1n) is 23.9. The minimum Gasteiger partial charge on any atom is -0.462 e. The van der Waals surface area contributed by atoms with Crippen molar-refractivity contribution >= 4 is 5.97 Å². The lowest BCUT2D eigenvalue weighted by Crippen LogP contribution is -2.28. The summed E-state index contributed by atoms with van der Waals surface area (Å²) in [5.74, 6) is 3.71. The van der Waals surface area contributed by atoms with Gasteiger partial charge in [-0.05, 0) is 114 Å². The Labute approximate surface area is 330 Å². The lowest BCUT2D eigenvalue weighted by Gasteiger charge is -2.20. The summed E-state index contributed by atoms with van der Waals surface area (Å²) < 4.78 is 6.15. The van der Waals surface area contributed by atoms with Crippen LogP contribution >= 0.6 is 0 Å². The molecule has 2 aliphatic rings. The van der Waals surface area contributed by atoms with E-state index in [1.165, 1.54) is 128 Å². The van der Waals surface area contributed by atoms with Crippen LogP contribution in [0.3, 0.4) is 0 Å². The number of allylic oxidation sites excluding steroid dienone is 1. The quantitative estimate of drug-likeness (QED) is 0.0371. The molecule has 2 rings (SSSR count). The van der Waals surface area contributed by atoms with E-state index < -0.39 is 0 Å². The van der Waals surface area contributed by atoms with Crippen molar-refractivity contribution in [3.05, 3.63) is 12.2 Å². The standard InChI is InChI=1S/C48H91NO4/c1-4-7-10-11-12-13-14-17-22-29-46(51)30-23-18-15-20-25-36-49(38-39-50)37-26-21-16-19-24-31-48(52)53-47(34-32-44-40-42(44)27-8-5-2)35-33-45-41-43(45)28-9-6-3/h15,20,42-47,50-51H,4-14,16-19,21-41H2,1-3H3/b20-15+. The van der Waals surface area contributed by atoms with Crippen molar-refractivity contribution in [2.75, 3.05) is 26.2 Å². The predicted octanol–water partition coefficient (Wildman–Crippen LogP) is 13.1. The first-order valence-corrected chi connectivity index (χ1v) is 23.9. The molecule has 5 unspecified atom stereocenters. The van der Waals surface area contributed by atoms with Gasteiger partial charge in [-0.15, -0.1) is 0 Å². The van der Waals surface area contributed by atoms with Crippen LogP contribution in [0.1, 0.15) is 226 Å². The maximum atomic E-state index is 12.9. The van der Waals surface area contributed by atoms with Crippen molar-refractivity contribution in [2.24, 2.45) is 23.7 Å². The minimum absolute atomic E-state index is 0.0408. The summed E-state index contributed by atoms with van der Waals surface area (Å²) in [6.45, 7) is 9.84. The number of hydrogen-bond donors (Lipinski definition) is 2. The van der Waals surface area contributed by atoms with E-state index in [0.717, 1.165) is 114 Å². The number of carbonyl (C=O) groups is 1. The van der Waals surface area contributed by atoms with Crippen LogP contribution in [0.4, 0.5) is 0 Å². The van der Waals surface area contributed by atoms with Crippen LogP contribution in [-0.4, -0.2) is 59.5 Å². The number of unbranched alkanes of at least 4 members (excludes halogenated alkanes) is 15. The van der Waals surface area contributed by atoms with Crippen LogP contribution in [0.5, 0.6) is 0 Å². The minimum atomic E-state index is -0.135. The van der Waals surface area contributed by atoms with E-state index in [1.54, 1.807) is 0 Å². The summed E-state index contributed by atoms with van der Waals surface area (Å²) in [4.78, 5) is 15.3. The zero-order valence-electron chi connectivity index (χ0n) is 35.7. The smallest absolute Gasteiger partial charge is 0.306 e. The lowest BCUT2D eigenvalue weighted by molar-refractivity contribution is -0.150. The fourth-order valence-electron chi connectivity index (χ4n) is 8.69. The first-order chi connectivity index (χ1) is 26.0. The molecule has 0 saturated heterocycles. The van der Waals surface area contributed by atoms with Crippen molar-refractivity contribution in [3.8, 4) is 0 Å². The highest BCUT2D eigenvalue weighted by Gasteiger charge is 2.38. The zero-order valence-corrected chi connectivity index (χ0v) is 35.7. The molecule has 0 amide bonds. The molecule has 0 spiro atoms. The monoisotopic (exact) mass is 746 g/mol. The Bertz CT molecular complexity index is 836. The Morgan fingerprint density at radius 1 is 0.585 bits per heavy atom. The fourth-order valence-corrected chi connectivity index (χ4v) is 8.69. The Hall–Kier alpha value is -0.910. The van der Waals surface area contributed by atoms with Gasteiger partial charge in [-0.1, -0.05) is 148 Å². The van der Waals surface area contributed by atoms with Gasteiger partial charge < -0.3 is 19.8 Å². The molecule has 2 N–H and O–H groups in total. The molecule has 0 heterocycles. The van der Waals surface area contributed by atoms with Crippen LogP contribution < -0.4 is 0 Å². The third-order valence-electron chi connectivity index (χ3n) is 12.6. The van der Waals surface area contributed by atoms with Gasteiger partial charge in [-0.25, -0.2) is 0 Å². The maximum Gasteiger partial charge on any atom is 0.306 e. The molecule has 5 atom stereocenters. The summed E-state index contributed by atoms with van der Waals surface area (Å²) in [5.41, 5.74) is 0. The van der Waals surface area contributed by atoms with Crippen molar-refractivity contribution in [1.82, 2.24) is 4.90 Å². The summed E-state index contributed by atoms with van der Waals surface area (Å²) in [6, 6.07) is 0. The third-order valence-corrected chi connectivity index (χ3v) is 12.6. The van der Waals surface area contributed by atoms with Gasteiger partial charge in [-0.2, -0.15) is 0 Å². The number of nitrogens with zero attached hydrogens (tertiary/aromatic N) is 1. The molecule has 2 aliphatic carbocycles. The number of hydrogen-bond acceptors (Lipinski definition) is 5. The highest BCUT2D eigenvalue weighted by atomic mass is 16.5. The van der Waals surface area contributed by atoms with Crippen LogP contribution in [0.15, 0.2) is 12.2 Å². The summed E-state index contributed by atoms with van der Waals surface area (Å²) in [6.07, 6.45) is 43.3. The Balaban J connectivity index is 1.48. The van der Waals surface area contributed by atoms with E-state index in [9.17, 15) is 15.0 Å². The maximum absolute atomic E-state index is 12.9. The van der Waals surface area contributed by atoms with E-state index >= 15 is 0 Å². The Morgan fingerprint density at radius 3 is 1.70 bits per heavy atom. The van der Waals surface area contributed by atoms with Gasteiger partial charge in [0, 0.05) is 19.5 Å². The summed E-state index contributed by atoms with van der Waals surface area (Å²) >= 11 is 0. The van der Waals surface area contributed by atoms with Gasteiger partial charge in [0.05, 0.1) is 12.7 Å². The number of ether oxygens (including phenoxy) is 1.